The number of carbonyl (C=O) groups excluding carboxylic acids is 1. The Balaban J connectivity index is 1.36. The number of benzene rings is 1. The van der Waals surface area contributed by atoms with Crippen molar-refractivity contribution in [3.05, 3.63) is 29.8 Å². The molecule has 1 N–H and O–H groups in total. The number of aromatic hydroxyl groups is 1. The molecular formula is C20H26O4. The Kier molecular flexibility index (Phi) is 3.83. The number of phenols is 1. The fraction of sp³-hybridized carbons (Fsp3) is 0.650. The van der Waals surface area contributed by atoms with Crippen LogP contribution in [0.3, 0.4) is 0 Å². The molecule has 4 heteroatoms. The van der Waals surface area contributed by atoms with E-state index in [9.17, 15) is 9.90 Å². The second-order valence-corrected chi connectivity index (χ2v) is 8.00. The molecule has 130 valence electrons. The summed E-state index contributed by atoms with van der Waals surface area (Å²) in [6, 6.07) is 7.54. The average molecular weight is 330 g/mol. The van der Waals surface area contributed by atoms with Gasteiger partial charge in [0.2, 0.25) is 0 Å². The van der Waals surface area contributed by atoms with Crippen LogP contribution in [0.4, 0.5) is 0 Å². The van der Waals surface area contributed by atoms with Gasteiger partial charge in [0.25, 0.3) is 0 Å². The molecule has 2 aliphatic carbocycles. The highest BCUT2D eigenvalue weighted by molar-refractivity contribution is 5.75. The molecule has 4 aliphatic rings. The van der Waals surface area contributed by atoms with Gasteiger partial charge in [-0.3, -0.25) is 4.79 Å². The number of hydrogen-bond acceptors (Lipinski definition) is 4. The summed E-state index contributed by atoms with van der Waals surface area (Å²) in [6.45, 7) is 0.804. The van der Waals surface area contributed by atoms with Gasteiger partial charge >= 0.3 is 5.97 Å². The van der Waals surface area contributed by atoms with Gasteiger partial charge in [-0.1, -0.05) is 12.1 Å². The molecule has 4 nitrogen and oxygen atoms in total. The van der Waals surface area contributed by atoms with Crippen LogP contribution in [0.1, 0.15) is 50.5 Å². The summed E-state index contributed by atoms with van der Waals surface area (Å²) in [6.07, 6.45) is 7.68. The number of fused-ring (bicyclic) bond motifs is 3. The topological polar surface area (TPSA) is 55.8 Å². The summed E-state index contributed by atoms with van der Waals surface area (Å²) < 4.78 is 11.2. The smallest absolute Gasteiger partial charge is 0.308 e. The van der Waals surface area contributed by atoms with Crippen molar-refractivity contribution in [3.63, 3.8) is 0 Å². The van der Waals surface area contributed by atoms with E-state index in [0.29, 0.717) is 17.1 Å². The van der Waals surface area contributed by atoms with Crippen molar-refractivity contribution < 1.29 is 19.4 Å². The van der Waals surface area contributed by atoms with E-state index >= 15 is 0 Å². The lowest BCUT2D eigenvalue weighted by Gasteiger charge is -2.53. The summed E-state index contributed by atoms with van der Waals surface area (Å²) >= 11 is 0. The standard InChI is InChI=1S/C20H26O4/c1-23-18(22)17-11-14(17)5-6-19-7-9-20(10-8-19,24-13-19)15-3-2-4-16(21)12-15/h2-4,12,14,17,21H,5-11,13H2,1H3. The maximum Gasteiger partial charge on any atom is 0.308 e. The summed E-state index contributed by atoms with van der Waals surface area (Å²) in [4.78, 5) is 11.6. The number of ether oxygens (including phenoxy) is 2. The number of carbonyl (C=O) groups is 1. The van der Waals surface area contributed by atoms with E-state index in [0.717, 1.165) is 44.3 Å². The number of hydrogen-bond donors (Lipinski definition) is 1. The monoisotopic (exact) mass is 330 g/mol. The van der Waals surface area contributed by atoms with E-state index in [4.69, 9.17) is 9.47 Å². The first-order chi connectivity index (χ1) is 11.6. The van der Waals surface area contributed by atoms with Crippen molar-refractivity contribution in [2.75, 3.05) is 13.7 Å². The molecule has 0 spiro atoms. The molecule has 2 bridgehead atoms. The number of esters is 1. The van der Waals surface area contributed by atoms with Crippen molar-refractivity contribution in [2.45, 2.75) is 50.5 Å². The van der Waals surface area contributed by atoms with E-state index in [1.54, 1.807) is 6.07 Å². The van der Waals surface area contributed by atoms with Crippen molar-refractivity contribution in [1.29, 1.82) is 0 Å². The Morgan fingerprint density at radius 3 is 2.75 bits per heavy atom. The van der Waals surface area contributed by atoms with Gasteiger partial charge < -0.3 is 14.6 Å². The van der Waals surface area contributed by atoms with Crippen molar-refractivity contribution in [1.82, 2.24) is 0 Å². The zero-order valence-corrected chi connectivity index (χ0v) is 14.3. The minimum Gasteiger partial charge on any atom is -0.508 e. The Labute approximate surface area is 143 Å². The zero-order chi connectivity index (χ0) is 16.8. The molecule has 2 atom stereocenters. The van der Waals surface area contributed by atoms with Gasteiger partial charge in [-0.15, -0.1) is 0 Å². The normalized spacial score (nSPS) is 37.2. The average Bonchev–Trinajstić information content (AvgIpc) is 3.41. The quantitative estimate of drug-likeness (QED) is 0.835. The molecule has 5 rings (SSSR count). The number of rotatable bonds is 5. The lowest BCUT2D eigenvalue weighted by atomic mass is 9.62. The van der Waals surface area contributed by atoms with Crippen LogP contribution >= 0.6 is 0 Å². The fourth-order valence-electron chi connectivity index (χ4n) is 4.75. The van der Waals surface area contributed by atoms with E-state index in [2.05, 4.69) is 6.07 Å². The third-order valence-electron chi connectivity index (χ3n) is 6.62. The van der Waals surface area contributed by atoms with Crippen LogP contribution in [0, 0.1) is 17.3 Å². The van der Waals surface area contributed by atoms with Crippen LogP contribution in [0.5, 0.6) is 5.75 Å². The highest BCUT2D eigenvalue weighted by atomic mass is 16.5. The Bertz CT molecular complexity index is 614. The maximum absolute atomic E-state index is 11.6. The minimum absolute atomic E-state index is 0.0380. The first kappa shape index (κ1) is 15.9. The zero-order valence-electron chi connectivity index (χ0n) is 14.3. The SMILES string of the molecule is COC(=O)C1CC1CCC12CCC(c3cccc(O)c3)(CC1)OC2. The van der Waals surface area contributed by atoms with Gasteiger partial charge in [0, 0.05) is 0 Å². The molecule has 2 heterocycles. The van der Waals surface area contributed by atoms with Crippen LogP contribution in [0.15, 0.2) is 24.3 Å². The molecule has 4 fully saturated rings. The second-order valence-electron chi connectivity index (χ2n) is 8.00. The van der Waals surface area contributed by atoms with Gasteiger partial charge in [0.05, 0.1) is 25.2 Å². The maximum atomic E-state index is 11.6. The predicted octanol–water partition coefficient (Wildman–Crippen LogP) is 3.77. The first-order valence-corrected chi connectivity index (χ1v) is 9.07. The molecule has 24 heavy (non-hydrogen) atoms. The van der Waals surface area contributed by atoms with Crippen LogP contribution in [-0.2, 0) is 19.9 Å². The number of phenolic OH excluding ortho intramolecular Hbond substituents is 1. The summed E-state index contributed by atoms with van der Waals surface area (Å²) in [7, 11) is 1.48. The van der Waals surface area contributed by atoms with E-state index in [1.807, 2.05) is 12.1 Å². The van der Waals surface area contributed by atoms with E-state index in [1.165, 1.54) is 20.0 Å². The molecule has 0 amide bonds. The van der Waals surface area contributed by atoms with Gasteiger partial charge in [0.1, 0.15) is 5.75 Å². The Morgan fingerprint density at radius 1 is 1.33 bits per heavy atom. The molecule has 1 aromatic rings. The third-order valence-corrected chi connectivity index (χ3v) is 6.62. The third kappa shape index (κ3) is 2.71. The van der Waals surface area contributed by atoms with E-state index in [-0.39, 0.29) is 17.5 Å². The van der Waals surface area contributed by atoms with Crippen molar-refractivity contribution in [3.8, 4) is 5.75 Å². The molecule has 0 radical (unpaired) electrons. The Hall–Kier alpha value is -1.55. The van der Waals surface area contributed by atoms with Crippen LogP contribution in [0.2, 0.25) is 0 Å². The highest BCUT2D eigenvalue weighted by Gasteiger charge is 2.52. The van der Waals surface area contributed by atoms with Gasteiger partial charge in [-0.25, -0.2) is 0 Å². The van der Waals surface area contributed by atoms with Gasteiger partial charge in [-0.2, -0.15) is 0 Å². The molecule has 2 saturated heterocycles. The van der Waals surface area contributed by atoms with E-state index < -0.39 is 0 Å². The summed E-state index contributed by atoms with van der Waals surface area (Å²) in [5.41, 5.74) is 1.21. The highest BCUT2D eigenvalue weighted by Crippen LogP contribution is 2.57. The summed E-state index contributed by atoms with van der Waals surface area (Å²) in [5, 5.41) is 9.77. The van der Waals surface area contributed by atoms with Crippen LogP contribution in [0.25, 0.3) is 0 Å². The van der Waals surface area contributed by atoms with Crippen LogP contribution < -0.4 is 0 Å². The minimum atomic E-state index is -0.200. The van der Waals surface area contributed by atoms with Gasteiger partial charge in [0.15, 0.2) is 0 Å². The fourth-order valence-corrected chi connectivity index (χ4v) is 4.75. The van der Waals surface area contributed by atoms with Crippen molar-refractivity contribution >= 4 is 5.97 Å². The molecule has 2 saturated carbocycles. The molecule has 0 aromatic heterocycles. The molecule has 1 aromatic carbocycles. The Morgan fingerprint density at radius 2 is 2.12 bits per heavy atom. The lowest BCUT2D eigenvalue weighted by molar-refractivity contribution is -0.192. The number of methoxy groups -OCH3 is 1. The van der Waals surface area contributed by atoms with Crippen molar-refractivity contribution in [2.24, 2.45) is 17.3 Å². The predicted molar refractivity (Wildman–Crippen MR) is 89.5 cm³/mol. The first-order valence-electron chi connectivity index (χ1n) is 9.07. The van der Waals surface area contributed by atoms with Gasteiger partial charge in [-0.05, 0) is 74.0 Å². The second kappa shape index (κ2) is 5.76. The molecule has 2 aliphatic heterocycles. The molecule has 2 unspecified atom stereocenters. The lowest BCUT2D eigenvalue weighted by Crippen LogP contribution is -2.49. The summed E-state index contributed by atoms with van der Waals surface area (Å²) in [5.74, 6) is 0.941. The largest absolute Gasteiger partial charge is 0.508 e. The molecular weight excluding hydrogens is 304 g/mol. The van der Waals surface area contributed by atoms with Crippen LogP contribution in [-0.4, -0.2) is 24.8 Å².